The molecule has 0 radical (unpaired) electrons. The molecule has 0 unspecified atom stereocenters. The van der Waals surface area contributed by atoms with Gasteiger partial charge in [-0.3, -0.25) is 20.4 Å². The number of ether oxygens (including phenoxy) is 2. The van der Waals surface area contributed by atoms with Gasteiger partial charge in [0.1, 0.15) is 0 Å². The summed E-state index contributed by atoms with van der Waals surface area (Å²) in [6, 6.07) is 4.80. The second-order valence-electron chi connectivity index (χ2n) is 6.01. The fraction of sp³-hybridized carbons (Fsp3) is 0.474. The maximum absolute atomic E-state index is 12.2. The molecule has 2 N–H and O–H groups in total. The Balaban J connectivity index is 1.76. The molecule has 0 spiro atoms. The van der Waals surface area contributed by atoms with Crippen LogP contribution in [0, 0.1) is 0 Å². The van der Waals surface area contributed by atoms with Crippen molar-refractivity contribution < 1.29 is 23.6 Å². The van der Waals surface area contributed by atoms with Crippen molar-refractivity contribution in [1.29, 1.82) is 0 Å². The van der Waals surface area contributed by atoms with Crippen molar-refractivity contribution in [2.24, 2.45) is 0 Å². The van der Waals surface area contributed by atoms with Crippen molar-refractivity contribution in [2.45, 2.75) is 46.0 Å². The molecule has 0 saturated heterocycles. The van der Waals surface area contributed by atoms with E-state index in [0.717, 1.165) is 12.8 Å². The molecule has 152 valence electrons. The summed E-state index contributed by atoms with van der Waals surface area (Å²) in [5, 5.41) is 3.87. The quantitative estimate of drug-likeness (QED) is 0.598. The van der Waals surface area contributed by atoms with Crippen LogP contribution in [0.4, 0.5) is 0 Å². The zero-order valence-electron chi connectivity index (χ0n) is 16.4. The number of rotatable bonds is 10. The molecule has 0 bridgehead atoms. The highest BCUT2D eigenvalue weighted by Crippen LogP contribution is 2.27. The van der Waals surface area contributed by atoms with Gasteiger partial charge in [0, 0.05) is 24.8 Å². The highest BCUT2D eigenvalue weighted by atomic mass is 16.5. The van der Waals surface area contributed by atoms with E-state index in [4.69, 9.17) is 14.0 Å². The second-order valence-corrected chi connectivity index (χ2v) is 6.01. The monoisotopic (exact) mass is 390 g/mol. The van der Waals surface area contributed by atoms with E-state index < -0.39 is 5.91 Å². The molecule has 1 aromatic carbocycles. The van der Waals surface area contributed by atoms with Crippen LogP contribution in [-0.4, -0.2) is 35.7 Å². The number of nitrogens with zero attached hydrogens (tertiary/aromatic N) is 2. The maximum Gasteiger partial charge on any atom is 0.269 e. The summed E-state index contributed by atoms with van der Waals surface area (Å²) in [5.74, 6) is 1.44. The number of hydrogen-bond acceptors (Lipinski definition) is 7. The minimum Gasteiger partial charge on any atom is -0.493 e. The first kappa shape index (κ1) is 21.2. The minimum absolute atomic E-state index is 0.221. The first-order valence-electron chi connectivity index (χ1n) is 9.28. The third-order valence-electron chi connectivity index (χ3n) is 3.82. The number of amides is 2. The van der Waals surface area contributed by atoms with Crippen LogP contribution >= 0.6 is 0 Å². The Morgan fingerprint density at radius 2 is 1.96 bits per heavy atom. The fourth-order valence-electron chi connectivity index (χ4n) is 2.46. The van der Waals surface area contributed by atoms with Crippen molar-refractivity contribution >= 4 is 11.8 Å². The van der Waals surface area contributed by atoms with Crippen LogP contribution in [0.5, 0.6) is 11.5 Å². The molecule has 0 aliphatic carbocycles. The highest BCUT2D eigenvalue weighted by Gasteiger charge is 2.12. The lowest BCUT2D eigenvalue weighted by Gasteiger charge is -2.11. The van der Waals surface area contributed by atoms with Gasteiger partial charge in [-0.15, -0.1) is 0 Å². The Kier molecular flexibility index (Phi) is 8.26. The molecular weight excluding hydrogens is 364 g/mol. The number of hydrogen-bond donors (Lipinski definition) is 2. The number of nitrogens with one attached hydrogen (secondary N) is 2. The lowest BCUT2D eigenvalue weighted by Crippen LogP contribution is -2.41. The lowest BCUT2D eigenvalue weighted by atomic mass is 10.2. The number of benzene rings is 1. The smallest absolute Gasteiger partial charge is 0.269 e. The van der Waals surface area contributed by atoms with Crippen LogP contribution in [-0.2, 0) is 17.6 Å². The molecule has 0 aliphatic rings. The molecule has 0 fully saturated rings. The van der Waals surface area contributed by atoms with Crippen LogP contribution < -0.4 is 20.3 Å². The van der Waals surface area contributed by atoms with E-state index in [2.05, 4.69) is 21.0 Å². The van der Waals surface area contributed by atoms with Crippen molar-refractivity contribution in [3.8, 4) is 11.5 Å². The van der Waals surface area contributed by atoms with Gasteiger partial charge in [-0.25, -0.2) is 0 Å². The van der Waals surface area contributed by atoms with E-state index in [0.29, 0.717) is 48.2 Å². The van der Waals surface area contributed by atoms with Gasteiger partial charge in [0.25, 0.3) is 5.91 Å². The third kappa shape index (κ3) is 6.26. The predicted molar refractivity (Wildman–Crippen MR) is 101 cm³/mol. The molecule has 1 heterocycles. The first-order valence-corrected chi connectivity index (χ1v) is 9.28. The Morgan fingerprint density at radius 1 is 1.14 bits per heavy atom. The molecule has 2 rings (SSSR count). The fourth-order valence-corrected chi connectivity index (χ4v) is 2.46. The number of carbonyl (C=O) groups is 2. The predicted octanol–water partition coefficient (Wildman–Crippen LogP) is 2.21. The van der Waals surface area contributed by atoms with Gasteiger partial charge in [-0.1, -0.05) is 12.1 Å². The van der Waals surface area contributed by atoms with E-state index >= 15 is 0 Å². The Labute approximate surface area is 163 Å². The summed E-state index contributed by atoms with van der Waals surface area (Å²) in [4.78, 5) is 28.3. The number of methoxy groups -OCH3 is 1. The molecule has 28 heavy (non-hydrogen) atoms. The third-order valence-corrected chi connectivity index (χ3v) is 3.82. The molecule has 9 nitrogen and oxygen atoms in total. The standard InChI is InChI=1S/C19H26N4O5/c1-4-7-16-20-18(28-23-16)9-6-8-17(24)21-22-19(25)13-10-11-14(27-5-2)15(12-13)26-3/h10-12H,4-9H2,1-3H3,(H,21,24)(H,22,25). The molecule has 2 amide bonds. The normalized spacial score (nSPS) is 10.4. The van der Waals surface area contributed by atoms with Crippen LogP contribution in [0.3, 0.4) is 0 Å². The van der Waals surface area contributed by atoms with Crippen LogP contribution in [0.1, 0.15) is 55.2 Å². The van der Waals surface area contributed by atoms with E-state index in [-0.39, 0.29) is 12.3 Å². The SMILES string of the molecule is CCCc1noc(CCCC(=O)NNC(=O)c2ccc(OCC)c(OC)c2)n1. The summed E-state index contributed by atoms with van der Waals surface area (Å²) in [7, 11) is 1.50. The molecule has 9 heteroatoms. The zero-order chi connectivity index (χ0) is 20.4. The Bertz CT molecular complexity index is 790. The molecule has 0 aliphatic heterocycles. The zero-order valence-corrected chi connectivity index (χ0v) is 16.4. The van der Waals surface area contributed by atoms with E-state index in [1.807, 2.05) is 13.8 Å². The molecule has 2 aromatic rings. The number of aromatic nitrogens is 2. The van der Waals surface area contributed by atoms with Crippen molar-refractivity contribution in [3.63, 3.8) is 0 Å². The Hall–Kier alpha value is -3.10. The molecule has 0 saturated carbocycles. The van der Waals surface area contributed by atoms with Gasteiger partial charge < -0.3 is 14.0 Å². The highest BCUT2D eigenvalue weighted by molar-refractivity contribution is 5.96. The van der Waals surface area contributed by atoms with Gasteiger partial charge >= 0.3 is 0 Å². The van der Waals surface area contributed by atoms with Crippen molar-refractivity contribution in [3.05, 3.63) is 35.5 Å². The summed E-state index contributed by atoms with van der Waals surface area (Å²) in [6.07, 6.45) is 2.98. The van der Waals surface area contributed by atoms with E-state index in [1.54, 1.807) is 18.2 Å². The topological polar surface area (TPSA) is 116 Å². The van der Waals surface area contributed by atoms with Crippen LogP contribution in [0.2, 0.25) is 0 Å². The molecular formula is C19H26N4O5. The Morgan fingerprint density at radius 3 is 2.68 bits per heavy atom. The average molecular weight is 390 g/mol. The van der Waals surface area contributed by atoms with Gasteiger partial charge in [-0.05, 0) is 38.0 Å². The van der Waals surface area contributed by atoms with Gasteiger partial charge in [0.05, 0.1) is 13.7 Å². The number of aryl methyl sites for hydroxylation is 2. The lowest BCUT2D eigenvalue weighted by molar-refractivity contribution is -0.121. The summed E-state index contributed by atoms with van der Waals surface area (Å²) >= 11 is 0. The van der Waals surface area contributed by atoms with Crippen molar-refractivity contribution in [1.82, 2.24) is 21.0 Å². The van der Waals surface area contributed by atoms with Gasteiger partial charge in [0.2, 0.25) is 11.8 Å². The first-order chi connectivity index (χ1) is 13.6. The van der Waals surface area contributed by atoms with Crippen LogP contribution in [0.15, 0.2) is 22.7 Å². The summed E-state index contributed by atoms with van der Waals surface area (Å²) < 4.78 is 15.7. The summed E-state index contributed by atoms with van der Waals surface area (Å²) in [6.45, 7) is 4.39. The number of carbonyl (C=O) groups excluding carboxylic acids is 2. The average Bonchev–Trinajstić information content (AvgIpc) is 3.14. The largest absolute Gasteiger partial charge is 0.493 e. The summed E-state index contributed by atoms with van der Waals surface area (Å²) in [5.41, 5.74) is 5.12. The number of hydrazine groups is 1. The van der Waals surface area contributed by atoms with Gasteiger partial charge in [-0.2, -0.15) is 4.98 Å². The van der Waals surface area contributed by atoms with Gasteiger partial charge in [0.15, 0.2) is 17.3 Å². The maximum atomic E-state index is 12.2. The minimum atomic E-state index is -0.448. The van der Waals surface area contributed by atoms with E-state index in [1.165, 1.54) is 7.11 Å². The second kappa shape index (κ2) is 10.9. The van der Waals surface area contributed by atoms with E-state index in [9.17, 15) is 9.59 Å². The molecule has 0 atom stereocenters. The van der Waals surface area contributed by atoms with Crippen LogP contribution in [0.25, 0.3) is 0 Å². The molecule has 1 aromatic heterocycles. The van der Waals surface area contributed by atoms with Crippen molar-refractivity contribution in [2.75, 3.05) is 13.7 Å².